The van der Waals surface area contributed by atoms with Crippen molar-refractivity contribution < 1.29 is 44.3 Å². The molecule has 3 aromatic heterocycles. The van der Waals surface area contributed by atoms with E-state index in [1.54, 1.807) is 20.9 Å². The molecule has 3 aliphatic rings. The standard InChI is InChI=1S/2C21H29N3O2.C13H21NO.C11H17N3O2.CO2.2ClH.H2/c2*1-21(2,3)16-10-6-8-12-18(16)26-14-13-24(4)20(25)19-15-9-5-7-11-17(15)22-23-19;1-13(2,3)11-7-5-6-8-12(11)15-10-9-14-4;1-11(2,3)16-10(15)14-5-4-9-8(7-14)6-12-13-9;2-1-3;;;/h2*6,8,10,12H,5,7,9,11,13-14H2,1-4H3,(H,22,23);5-8,14H,9-10H2,1-4H3;6H,4-5,7H2,1-3H3,(H,12,13);;3*1H. The number of carbonyl (C=O) groups is 3. The van der Waals surface area contributed by atoms with E-state index in [-0.39, 0.29) is 66.5 Å². The van der Waals surface area contributed by atoms with Crippen LogP contribution in [0.5, 0.6) is 17.2 Å². The number of nitrogens with one attached hydrogen (secondary N) is 4. The first-order valence-electron chi connectivity index (χ1n) is 30.1. The summed E-state index contributed by atoms with van der Waals surface area (Å²) in [5.41, 5.74) is 11.2. The molecule has 0 saturated heterocycles. The highest BCUT2D eigenvalue weighted by atomic mass is 35.5. The number of carbonyl (C=O) groups excluding carboxylic acids is 5. The number of para-hydroxylation sites is 3. The molecule has 3 amide bonds. The number of nitrogens with zero attached hydrogens (tertiary/aromatic N) is 6. The van der Waals surface area contributed by atoms with Gasteiger partial charge in [0.1, 0.15) is 42.7 Å². The Balaban J connectivity index is 0.000000404. The lowest BCUT2D eigenvalue weighted by Crippen LogP contribution is -2.39. The average Bonchev–Trinajstić information content (AvgIpc) is 3.79. The molecule has 19 nitrogen and oxygen atoms in total. The predicted octanol–water partition coefficient (Wildman–Crippen LogP) is 12.3. The van der Waals surface area contributed by atoms with Crippen LogP contribution in [0.1, 0.15) is 182 Å². The molecule has 88 heavy (non-hydrogen) atoms. The van der Waals surface area contributed by atoms with Gasteiger partial charge in [-0.2, -0.15) is 24.9 Å². The number of aromatic nitrogens is 6. The maximum Gasteiger partial charge on any atom is 0.410 e. The Morgan fingerprint density at radius 1 is 0.580 bits per heavy atom. The zero-order valence-corrected chi connectivity index (χ0v) is 56.3. The van der Waals surface area contributed by atoms with Crippen molar-refractivity contribution >= 4 is 48.9 Å². The molecule has 1 aliphatic heterocycles. The van der Waals surface area contributed by atoms with Crippen molar-refractivity contribution in [1.29, 1.82) is 0 Å². The predicted molar refractivity (Wildman–Crippen MR) is 351 cm³/mol. The molecular weight excluding hydrogens is 1160 g/mol. The zero-order valence-electron chi connectivity index (χ0n) is 54.7. The summed E-state index contributed by atoms with van der Waals surface area (Å²) in [6.07, 6.45) is 11.0. The van der Waals surface area contributed by atoms with Crippen LogP contribution in [-0.2, 0) is 69.2 Å². The van der Waals surface area contributed by atoms with Gasteiger partial charge in [0.25, 0.3) is 11.8 Å². The van der Waals surface area contributed by atoms with Gasteiger partial charge in [-0.25, -0.2) is 4.79 Å². The van der Waals surface area contributed by atoms with E-state index in [0.29, 0.717) is 57.4 Å². The summed E-state index contributed by atoms with van der Waals surface area (Å²) >= 11 is 0. The molecule has 4 N–H and O–H groups in total. The first-order valence-corrected chi connectivity index (χ1v) is 30.1. The summed E-state index contributed by atoms with van der Waals surface area (Å²) in [6.45, 7) is 30.1. The second-order valence-electron chi connectivity index (χ2n) is 25.9. The fraction of sp³-hybridized carbons (Fsp3) is 0.537. The van der Waals surface area contributed by atoms with Crippen LogP contribution in [0.25, 0.3) is 0 Å². The minimum absolute atomic E-state index is 0. The van der Waals surface area contributed by atoms with E-state index < -0.39 is 5.60 Å². The van der Waals surface area contributed by atoms with Crippen LogP contribution in [0.3, 0.4) is 0 Å². The highest BCUT2D eigenvalue weighted by molar-refractivity contribution is 5.94. The number of aryl methyl sites for hydroxylation is 2. The number of aromatic amines is 3. The molecule has 0 bridgehead atoms. The van der Waals surface area contributed by atoms with Crippen molar-refractivity contribution in [3.05, 3.63) is 141 Å². The van der Waals surface area contributed by atoms with Gasteiger partial charge in [0.15, 0.2) is 11.4 Å². The molecule has 0 unspecified atom stereocenters. The summed E-state index contributed by atoms with van der Waals surface area (Å²) in [5, 5.41) is 24.6. The first kappa shape index (κ1) is 75.1. The van der Waals surface area contributed by atoms with Gasteiger partial charge in [0.2, 0.25) is 0 Å². The van der Waals surface area contributed by atoms with Crippen molar-refractivity contribution in [2.75, 3.05) is 67.1 Å². The number of benzene rings is 3. The van der Waals surface area contributed by atoms with Gasteiger partial charge < -0.3 is 39.0 Å². The molecule has 0 fully saturated rings. The quantitative estimate of drug-likeness (QED) is 0.0745. The van der Waals surface area contributed by atoms with Gasteiger partial charge in [0, 0.05) is 68.8 Å². The summed E-state index contributed by atoms with van der Waals surface area (Å²) < 4.78 is 23.1. The fourth-order valence-corrected chi connectivity index (χ4v) is 10.1. The number of hydrogen-bond donors (Lipinski definition) is 4. The van der Waals surface area contributed by atoms with E-state index in [1.807, 2.05) is 90.4 Å². The van der Waals surface area contributed by atoms with Crippen molar-refractivity contribution in [1.82, 2.24) is 50.6 Å². The third-order valence-electron chi connectivity index (χ3n) is 14.7. The van der Waals surface area contributed by atoms with Gasteiger partial charge in [-0.05, 0) is 130 Å². The van der Waals surface area contributed by atoms with E-state index in [4.69, 9.17) is 28.5 Å². The molecule has 0 radical (unpaired) electrons. The second-order valence-corrected chi connectivity index (χ2v) is 25.9. The first-order chi connectivity index (χ1) is 40.7. The van der Waals surface area contributed by atoms with Crippen molar-refractivity contribution in [3.8, 4) is 17.2 Å². The van der Waals surface area contributed by atoms with E-state index in [1.165, 1.54) is 29.5 Å². The van der Waals surface area contributed by atoms with Crippen LogP contribution in [0, 0.1) is 0 Å². The maximum atomic E-state index is 12.7. The Bertz CT molecular complexity index is 3020. The van der Waals surface area contributed by atoms with Crippen LogP contribution < -0.4 is 19.5 Å². The van der Waals surface area contributed by atoms with Crippen molar-refractivity contribution in [2.24, 2.45) is 0 Å². The Hall–Kier alpha value is -7.18. The van der Waals surface area contributed by atoms with Crippen LogP contribution in [0.2, 0.25) is 0 Å². The van der Waals surface area contributed by atoms with E-state index in [0.717, 1.165) is 103 Å². The van der Waals surface area contributed by atoms with Crippen LogP contribution in [0.15, 0.2) is 79.0 Å². The van der Waals surface area contributed by atoms with Crippen LogP contribution >= 0.6 is 24.8 Å². The minimum Gasteiger partial charge on any atom is -0.492 e. The van der Waals surface area contributed by atoms with Crippen LogP contribution in [-0.4, -0.2) is 142 Å². The lowest BCUT2D eigenvalue weighted by atomic mass is 9.86. The summed E-state index contributed by atoms with van der Waals surface area (Å²) in [6, 6.07) is 24.5. The third kappa shape index (κ3) is 22.8. The monoisotopic (exact) mass is 1260 g/mol. The summed E-state index contributed by atoms with van der Waals surface area (Å²) in [4.78, 5) is 58.6. The largest absolute Gasteiger partial charge is 0.492 e. The highest BCUT2D eigenvalue weighted by Crippen LogP contribution is 2.34. The van der Waals surface area contributed by atoms with E-state index >= 15 is 0 Å². The number of amides is 3. The molecule has 0 saturated carbocycles. The lowest BCUT2D eigenvalue weighted by Gasteiger charge is -2.29. The summed E-state index contributed by atoms with van der Waals surface area (Å²) in [5.74, 6) is 2.71. The minimum atomic E-state index is -0.437. The van der Waals surface area contributed by atoms with Gasteiger partial charge in [-0.1, -0.05) is 117 Å². The van der Waals surface area contributed by atoms with Crippen LogP contribution in [0.4, 0.5) is 4.79 Å². The molecular formula is C67H100Cl2N10O9. The Labute approximate surface area is 535 Å². The number of fused-ring (bicyclic) bond motifs is 3. The van der Waals surface area contributed by atoms with Gasteiger partial charge in [-0.3, -0.25) is 24.9 Å². The molecule has 6 aromatic rings. The smallest absolute Gasteiger partial charge is 0.410 e. The lowest BCUT2D eigenvalue weighted by molar-refractivity contribution is -0.191. The SMILES string of the molecule is CC(C)(C)OC(=O)N1CCc2[nH]ncc2C1.CN(CCOc1ccccc1C(C)(C)C)C(=O)c1n[nH]c2c1CCCC2.CN(CCOc1ccccc1C(C)(C)C)C(=O)c1n[nH]c2c1CCCC2.CNCCOc1ccccc1C(C)(C)C.Cl.Cl.O=C=O.[HH]. The number of rotatable bonds is 14. The topological polar surface area (TPSA) is 230 Å². The molecule has 9 rings (SSSR count). The Morgan fingerprint density at radius 2 is 0.966 bits per heavy atom. The molecule has 0 spiro atoms. The molecule has 0 atom stereocenters. The molecule has 3 aromatic carbocycles. The molecule has 4 heterocycles. The molecule has 21 heteroatoms. The number of ether oxygens (including phenoxy) is 4. The van der Waals surface area contributed by atoms with Gasteiger partial charge in [0.05, 0.1) is 25.8 Å². The number of hydrogen-bond acceptors (Lipinski definition) is 13. The molecule has 486 valence electrons. The third-order valence-corrected chi connectivity index (χ3v) is 14.7. The zero-order chi connectivity index (χ0) is 63.2. The number of H-pyrrole nitrogens is 3. The van der Waals surface area contributed by atoms with Crippen molar-refractivity contribution in [3.63, 3.8) is 0 Å². The van der Waals surface area contributed by atoms with Gasteiger partial charge >= 0.3 is 12.2 Å². The van der Waals surface area contributed by atoms with Gasteiger partial charge in [-0.15, -0.1) is 24.8 Å². The van der Waals surface area contributed by atoms with E-state index in [2.05, 4.69) is 122 Å². The summed E-state index contributed by atoms with van der Waals surface area (Å²) in [7, 11) is 5.55. The molecule has 2 aliphatic carbocycles. The maximum absolute atomic E-state index is 12.7. The second kappa shape index (κ2) is 35.1. The average molecular weight is 1260 g/mol. The Kier molecular flexibility index (Phi) is 30.0. The normalized spacial score (nSPS) is 13.2. The number of likely N-dealkylation sites (N-methyl/N-ethyl adjacent to an activating group) is 3. The fourth-order valence-electron chi connectivity index (χ4n) is 10.1. The number of halogens is 2. The van der Waals surface area contributed by atoms with Crippen molar-refractivity contribution in [2.45, 2.75) is 169 Å². The Morgan fingerprint density at radius 3 is 1.35 bits per heavy atom. The highest BCUT2D eigenvalue weighted by Gasteiger charge is 2.29. The van der Waals surface area contributed by atoms with E-state index in [9.17, 15) is 14.4 Å².